The van der Waals surface area contributed by atoms with E-state index in [1.165, 1.54) is 19.5 Å². The van der Waals surface area contributed by atoms with Crippen molar-refractivity contribution in [2.45, 2.75) is 6.04 Å². The summed E-state index contributed by atoms with van der Waals surface area (Å²) >= 11 is 0. The lowest BCUT2D eigenvalue weighted by Gasteiger charge is -2.20. The second kappa shape index (κ2) is 7.79. The molecule has 7 nitrogen and oxygen atoms in total. The minimum Gasteiger partial charge on any atom is -0.497 e. The highest BCUT2D eigenvalue weighted by Gasteiger charge is 2.18. The van der Waals surface area contributed by atoms with Gasteiger partial charge in [0.2, 0.25) is 0 Å². The van der Waals surface area contributed by atoms with Gasteiger partial charge in [-0.25, -0.2) is 14.8 Å². The van der Waals surface area contributed by atoms with Crippen LogP contribution < -0.4 is 15.4 Å². The first-order chi connectivity index (χ1) is 12.6. The van der Waals surface area contributed by atoms with Crippen LogP contribution in [0, 0.1) is 0 Å². The average molecular weight is 352 g/mol. The predicted molar refractivity (Wildman–Crippen MR) is 99.8 cm³/mol. The third-order valence-corrected chi connectivity index (χ3v) is 4.10. The quantitative estimate of drug-likeness (QED) is 0.601. The predicted octanol–water partition coefficient (Wildman–Crippen LogP) is 2.71. The summed E-state index contributed by atoms with van der Waals surface area (Å²) in [4.78, 5) is 20.1. The summed E-state index contributed by atoms with van der Waals surface area (Å²) in [5.74, 6) is -0.0634. The van der Waals surface area contributed by atoms with Crippen molar-refractivity contribution in [1.82, 2.24) is 15.3 Å². The van der Waals surface area contributed by atoms with E-state index in [4.69, 9.17) is 4.74 Å². The van der Waals surface area contributed by atoms with Crippen molar-refractivity contribution < 1.29 is 14.6 Å². The normalized spacial score (nSPS) is 11.9. The van der Waals surface area contributed by atoms with Crippen molar-refractivity contribution in [3.05, 3.63) is 59.9 Å². The number of benzene rings is 2. The number of anilines is 1. The van der Waals surface area contributed by atoms with Crippen molar-refractivity contribution in [3.8, 4) is 5.75 Å². The smallest absolute Gasteiger partial charge is 0.338 e. The summed E-state index contributed by atoms with van der Waals surface area (Å²) < 4.78 is 5.25. The fourth-order valence-corrected chi connectivity index (χ4v) is 2.84. The zero-order chi connectivity index (χ0) is 18.5. The minimum atomic E-state index is -1.06. The lowest BCUT2D eigenvalue weighted by atomic mass is 10.1. The summed E-state index contributed by atoms with van der Waals surface area (Å²) in [6, 6.07) is 13.1. The van der Waals surface area contributed by atoms with Gasteiger partial charge in [-0.3, -0.25) is 0 Å². The molecule has 134 valence electrons. The van der Waals surface area contributed by atoms with Crippen LogP contribution in [-0.4, -0.2) is 41.7 Å². The molecule has 26 heavy (non-hydrogen) atoms. The lowest BCUT2D eigenvalue weighted by Crippen LogP contribution is -2.24. The fraction of sp³-hybridized carbons (Fsp3) is 0.211. The Hall–Kier alpha value is -3.19. The Bertz CT molecular complexity index is 915. The van der Waals surface area contributed by atoms with E-state index in [1.807, 2.05) is 37.4 Å². The first-order valence-corrected chi connectivity index (χ1v) is 8.16. The van der Waals surface area contributed by atoms with Gasteiger partial charge in [-0.15, -0.1) is 0 Å². The van der Waals surface area contributed by atoms with Crippen molar-refractivity contribution >= 4 is 22.7 Å². The summed E-state index contributed by atoms with van der Waals surface area (Å²) in [5, 5.41) is 16.6. The molecule has 1 atom stereocenters. The number of likely N-dealkylation sites (N-methyl/N-ethyl adjacent to an activating group) is 1. The van der Waals surface area contributed by atoms with Crippen LogP contribution in [0.2, 0.25) is 0 Å². The molecule has 3 rings (SSSR count). The SMILES string of the molecule is CNCC(Nc1ncnc2c(C(=O)O)cc(OC)cc12)c1ccccc1. The lowest BCUT2D eigenvalue weighted by molar-refractivity contribution is 0.0698. The molecule has 0 aliphatic carbocycles. The largest absolute Gasteiger partial charge is 0.497 e. The number of hydrogen-bond donors (Lipinski definition) is 3. The van der Waals surface area contributed by atoms with E-state index in [9.17, 15) is 9.90 Å². The van der Waals surface area contributed by atoms with Crippen LogP contribution in [0.15, 0.2) is 48.8 Å². The van der Waals surface area contributed by atoms with Gasteiger partial charge in [-0.2, -0.15) is 0 Å². The molecule has 1 unspecified atom stereocenters. The Kier molecular flexibility index (Phi) is 5.28. The van der Waals surface area contributed by atoms with Gasteiger partial charge in [-0.05, 0) is 24.7 Å². The highest BCUT2D eigenvalue weighted by molar-refractivity contribution is 6.05. The maximum atomic E-state index is 11.6. The molecule has 0 spiro atoms. The van der Waals surface area contributed by atoms with Gasteiger partial charge in [0.05, 0.1) is 24.2 Å². The second-order valence-corrected chi connectivity index (χ2v) is 5.76. The second-order valence-electron chi connectivity index (χ2n) is 5.76. The molecule has 3 N–H and O–H groups in total. The summed E-state index contributed by atoms with van der Waals surface area (Å²) in [7, 11) is 3.37. The Morgan fingerprint density at radius 3 is 2.65 bits per heavy atom. The molecule has 0 bridgehead atoms. The number of fused-ring (bicyclic) bond motifs is 1. The highest BCUT2D eigenvalue weighted by atomic mass is 16.5. The number of rotatable bonds is 7. The monoisotopic (exact) mass is 352 g/mol. The molecule has 0 aliphatic rings. The van der Waals surface area contributed by atoms with Crippen LogP contribution in [0.5, 0.6) is 5.75 Å². The topological polar surface area (TPSA) is 96.4 Å². The summed E-state index contributed by atoms with van der Waals surface area (Å²) in [5.41, 5.74) is 1.54. The van der Waals surface area contributed by atoms with Gasteiger partial charge >= 0.3 is 5.97 Å². The van der Waals surface area contributed by atoms with E-state index in [-0.39, 0.29) is 11.6 Å². The Morgan fingerprint density at radius 1 is 1.23 bits per heavy atom. The molecule has 3 aromatic rings. The van der Waals surface area contributed by atoms with Crippen LogP contribution >= 0.6 is 0 Å². The van der Waals surface area contributed by atoms with Gasteiger partial charge in [0.25, 0.3) is 0 Å². The van der Waals surface area contributed by atoms with Gasteiger partial charge in [-0.1, -0.05) is 30.3 Å². The number of carboxylic acids is 1. The van der Waals surface area contributed by atoms with E-state index < -0.39 is 5.97 Å². The highest BCUT2D eigenvalue weighted by Crippen LogP contribution is 2.30. The zero-order valence-electron chi connectivity index (χ0n) is 14.6. The van der Waals surface area contributed by atoms with E-state index >= 15 is 0 Å². The van der Waals surface area contributed by atoms with Gasteiger partial charge in [0, 0.05) is 11.9 Å². The van der Waals surface area contributed by atoms with E-state index in [0.29, 0.717) is 29.0 Å². The minimum absolute atomic E-state index is 0.0428. The summed E-state index contributed by atoms with van der Waals surface area (Å²) in [6.07, 6.45) is 1.37. The maximum Gasteiger partial charge on any atom is 0.338 e. The van der Waals surface area contributed by atoms with Crippen molar-refractivity contribution in [3.63, 3.8) is 0 Å². The third-order valence-electron chi connectivity index (χ3n) is 4.10. The zero-order valence-corrected chi connectivity index (χ0v) is 14.6. The molecule has 0 fully saturated rings. The number of nitrogens with zero attached hydrogens (tertiary/aromatic N) is 2. The van der Waals surface area contributed by atoms with E-state index in [0.717, 1.165) is 5.56 Å². The van der Waals surface area contributed by atoms with Crippen LogP contribution in [0.4, 0.5) is 5.82 Å². The average Bonchev–Trinajstić information content (AvgIpc) is 2.67. The van der Waals surface area contributed by atoms with Crippen molar-refractivity contribution in [2.75, 3.05) is 26.0 Å². The molecule has 0 aliphatic heterocycles. The van der Waals surface area contributed by atoms with Gasteiger partial charge < -0.3 is 20.5 Å². The molecule has 0 amide bonds. The van der Waals surface area contributed by atoms with Crippen LogP contribution in [0.25, 0.3) is 10.9 Å². The third kappa shape index (κ3) is 3.57. The van der Waals surface area contributed by atoms with E-state index in [1.54, 1.807) is 6.07 Å². The number of carboxylic acid groups (broad SMARTS) is 1. The standard InChI is InChI=1S/C19H20N4O3/c1-20-10-16(12-6-4-3-5-7-12)23-18-14-8-13(26-2)9-15(19(24)25)17(14)21-11-22-18/h3-9,11,16,20H,10H2,1-2H3,(H,24,25)(H,21,22,23). The summed E-state index contributed by atoms with van der Waals surface area (Å²) in [6.45, 7) is 0.672. The molecule has 0 radical (unpaired) electrons. The first-order valence-electron chi connectivity index (χ1n) is 8.16. The van der Waals surface area contributed by atoms with E-state index in [2.05, 4.69) is 20.6 Å². The number of carbonyl (C=O) groups is 1. The van der Waals surface area contributed by atoms with Gasteiger partial charge in [0.15, 0.2) is 0 Å². The van der Waals surface area contributed by atoms with Gasteiger partial charge in [0.1, 0.15) is 17.9 Å². The number of methoxy groups -OCH3 is 1. The number of hydrogen-bond acceptors (Lipinski definition) is 6. The van der Waals surface area contributed by atoms with Crippen LogP contribution in [0.1, 0.15) is 22.0 Å². The van der Waals surface area contributed by atoms with Crippen LogP contribution in [-0.2, 0) is 0 Å². The molecule has 7 heteroatoms. The maximum absolute atomic E-state index is 11.6. The molecular weight excluding hydrogens is 332 g/mol. The van der Waals surface area contributed by atoms with Crippen molar-refractivity contribution in [2.24, 2.45) is 0 Å². The molecule has 0 saturated carbocycles. The molecule has 1 heterocycles. The Balaban J connectivity index is 2.09. The van der Waals surface area contributed by atoms with Crippen LogP contribution in [0.3, 0.4) is 0 Å². The Morgan fingerprint density at radius 2 is 2.00 bits per heavy atom. The molecular formula is C19H20N4O3. The molecule has 2 aromatic carbocycles. The molecule has 0 saturated heterocycles. The molecule has 1 aromatic heterocycles. The Labute approximate surface area is 151 Å². The number of aromatic carboxylic acids is 1. The number of aromatic nitrogens is 2. The number of nitrogens with one attached hydrogen (secondary N) is 2. The fourth-order valence-electron chi connectivity index (χ4n) is 2.84. The number of ether oxygens (including phenoxy) is 1. The van der Waals surface area contributed by atoms with Crippen molar-refractivity contribution in [1.29, 1.82) is 0 Å². The first kappa shape index (κ1) is 17.6.